The smallest absolute Gasteiger partial charge is 0.226 e. The predicted octanol–water partition coefficient (Wildman–Crippen LogP) is 4.03. The molecule has 0 aliphatic carbocycles. The van der Waals surface area contributed by atoms with Crippen LogP contribution < -0.4 is 20.1 Å². The molecule has 5 heteroatoms. The van der Waals surface area contributed by atoms with Gasteiger partial charge >= 0.3 is 0 Å². The van der Waals surface area contributed by atoms with Crippen molar-refractivity contribution < 1.29 is 14.3 Å². The van der Waals surface area contributed by atoms with Gasteiger partial charge < -0.3 is 20.1 Å². The molecule has 2 aromatic carbocycles. The van der Waals surface area contributed by atoms with Crippen LogP contribution in [0.4, 0.5) is 5.69 Å². The van der Waals surface area contributed by atoms with E-state index in [2.05, 4.69) is 41.8 Å². The van der Waals surface area contributed by atoms with E-state index in [0.717, 1.165) is 12.8 Å². The first-order chi connectivity index (χ1) is 13.0. The molecule has 1 amide bonds. The van der Waals surface area contributed by atoms with Crippen molar-refractivity contribution in [1.29, 1.82) is 0 Å². The normalized spacial score (nSPS) is 12.9. The van der Waals surface area contributed by atoms with Crippen LogP contribution in [0.1, 0.15) is 32.3 Å². The summed E-state index contributed by atoms with van der Waals surface area (Å²) >= 11 is 0. The Bertz CT molecular complexity index is 719. The van der Waals surface area contributed by atoms with Crippen molar-refractivity contribution in [2.24, 2.45) is 0 Å². The fourth-order valence-corrected chi connectivity index (χ4v) is 3.04. The van der Waals surface area contributed by atoms with Crippen molar-refractivity contribution in [1.82, 2.24) is 5.32 Å². The summed E-state index contributed by atoms with van der Waals surface area (Å²) < 4.78 is 10.5. The van der Waals surface area contributed by atoms with Crippen LogP contribution in [0, 0.1) is 0 Å². The number of nitrogens with one attached hydrogen (secondary N) is 2. The van der Waals surface area contributed by atoms with Crippen LogP contribution in [0.3, 0.4) is 0 Å². The van der Waals surface area contributed by atoms with E-state index in [9.17, 15) is 4.79 Å². The molecule has 2 unspecified atom stereocenters. The van der Waals surface area contributed by atoms with E-state index < -0.39 is 0 Å². The van der Waals surface area contributed by atoms with Crippen LogP contribution in [0.5, 0.6) is 11.5 Å². The number of amides is 1. The first-order valence-corrected chi connectivity index (χ1v) is 9.33. The van der Waals surface area contributed by atoms with Crippen molar-refractivity contribution in [3.8, 4) is 11.5 Å². The zero-order chi connectivity index (χ0) is 19.6. The van der Waals surface area contributed by atoms with Gasteiger partial charge in [-0.05, 0) is 44.4 Å². The third kappa shape index (κ3) is 6.94. The van der Waals surface area contributed by atoms with Gasteiger partial charge in [-0.25, -0.2) is 0 Å². The number of rotatable bonds is 10. The van der Waals surface area contributed by atoms with Gasteiger partial charge in [-0.1, -0.05) is 30.3 Å². The Labute approximate surface area is 162 Å². The summed E-state index contributed by atoms with van der Waals surface area (Å²) in [4.78, 5) is 12.4. The van der Waals surface area contributed by atoms with E-state index >= 15 is 0 Å². The van der Waals surface area contributed by atoms with Gasteiger partial charge in [0.2, 0.25) is 5.91 Å². The average Bonchev–Trinajstić information content (AvgIpc) is 2.67. The fraction of sp³-hybridized carbons (Fsp3) is 0.409. The third-order valence-corrected chi connectivity index (χ3v) is 4.45. The van der Waals surface area contributed by atoms with Crippen molar-refractivity contribution in [2.45, 2.75) is 45.2 Å². The summed E-state index contributed by atoms with van der Waals surface area (Å²) in [5, 5.41) is 6.42. The van der Waals surface area contributed by atoms with Crippen molar-refractivity contribution in [3.05, 3.63) is 54.1 Å². The summed E-state index contributed by atoms with van der Waals surface area (Å²) in [5.74, 6) is 1.22. The molecule has 2 N–H and O–H groups in total. The number of carbonyl (C=O) groups is 1. The van der Waals surface area contributed by atoms with E-state index in [1.54, 1.807) is 32.4 Å². The molecule has 2 rings (SSSR count). The molecule has 2 aromatic rings. The van der Waals surface area contributed by atoms with Crippen LogP contribution >= 0.6 is 0 Å². The van der Waals surface area contributed by atoms with E-state index in [4.69, 9.17) is 9.47 Å². The molecular formula is C22H30N2O3. The molecule has 146 valence electrons. The standard InChI is InChI=1S/C22H30N2O3/c1-16(10-11-18-8-6-5-7-9-18)23-17(2)14-22(25)24-20-13-12-19(26-3)15-21(20)27-4/h5-9,12-13,15-17,23H,10-11,14H2,1-4H3,(H,24,25). The number of carbonyl (C=O) groups excluding carboxylic acids is 1. The minimum Gasteiger partial charge on any atom is -0.497 e. The lowest BCUT2D eigenvalue weighted by Gasteiger charge is -2.20. The Hall–Kier alpha value is -2.53. The number of anilines is 1. The SMILES string of the molecule is COc1ccc(NC(=O)CC(C)NC(C)CCc2ccccc2)c(OC)c1. The first kappa shape index (κ1) is 20.8. The fourth-order valence-electron chi connectivity index (χ4n) is 3.04. The van der Waals surface area contributed by atoms with Crippen molar-refractivity contribution >= 4 is 11.6 Å². The third-order valence-electron chi connectivity index (χ3n) is 4.45. The first-order valence-electron chi connectivity index (χ1n) is 9.33. The monoisotopic (exact) mass is 370 g/mol. The van der Waals surface area contributed by atoms with Gasteiger partial charge in [-0.15, -0.1) is 0 Å². The highest BCUT2D eigenvalue weighted by atomic mass is 16.5. The summed E-state index contributed by atoms with van der Waals surface area (Å²) in [7, 11) is 3.17. The lowest BCUT2D eigenvalue weighted by molar-refractivity contribution is -0.116. The van der Waals surface area contributed by atoms with Crippen LogP contribution in [-0.4, -0.2) is 32.2 Å². The maximum Gasteiger partial charge on any atom is 0.226 e. The summed E-state index contributed by atoms with van der Waals surface area (Å²) in [6, 6.07) is 16.2. The molecule has 0 heterocycles. The molecule has 0 spiro atoms. The molecule has 5 nitrogen and oxygen atoms in total. The second-order valence-corrected chi connectivity index (χ2v) is 6.81. The number of aryl methyl sites for hydroxylation is 1. The van der Waals surface area contributed by atoms with Gasteiger partial charge in [0, 0.05) is 24.6 Å². The van der Waals surface area contributed by atoms with Gasteiger partial charge in [0.05, 0.1) is 19.9 Å². The Morgan fingerprint density at radius 3 is 2.41 bits per heavy atom. The van der Waals surface area contributed by atoms with Gasteiger partial charge in [-0.3, -0.25) is 4.79 Å². The molecule has 0 fully saturated rings. The molecule has 0 aliphatic heterocycles. The van der Waals surface area contributed by atoms with Crippen molar-refractivity contribution in [3.63, 3.8) is 0 Å². The summed E-state index contributed by atoms with van der Waals surface area (Å²) in [6.07, 6.45) is 2.45. The van der Waals surface area contributed by atoms with Crippen molar-refractivity contribution in [2.75, 3.05) is 19.5 Å². The van der Waals surface area contributed by atoms with E-state index in [1.165, 1.54) is 5.56 Å². The van der Waals surface area contributed by atoms with Gasteiger partial charge in [0.1, 0.15) is 11.5 Å². The van der Waals surface area contributed by atoms with E-state index in [-0.39, 0.29) is 11.9 Å². The lowest BCUT2D eigenvalue weighted by atomic mass is 10.1. The average molecular weight is 370 g/mol. The molecule has 0 aromatic heterocycles. The molecule has 0 saturated carbocycles. The Morgan fingerprint density at radius 2 is 1.74 bits per heavy atom. The number of benzene rings is 2. The molecule has 0 bridgehead atoms. The molecular weight excluding hydrogens is 340 g/mol. The lowest BCUT2D eigenvalue weighted by Crippen LogP contribution is -2.37. The van der Waals surface area contributed by atoms with Gasteiger partial charge in [-0.2, -0.15) is 0 Å². The Balaban J connectivity index is 1.79. The molecule has 2 atom stereocenters. The second-order valence-electron chi connectivity index (χ2n) is 6.81. The van der Waals surface area contributed by atoms with Crippen LogP contribution in [0.25, 0.3) is 0 Å². The number of methoxy groups -OCH3 is 2. The Morgan fingerprint density at radius 1 is 1.00 bits per heavy atom. The topological polar surface area (TPSA) is 59.6 Å². The minimum absolute atomic E-state index is 0.0475. The minimum atomic E-state index is -0.0475. The zero-order valence-electron chi connectivity index (χ0n) is 16.6. The largest absolute Gasteiger partial charge is 0.497 e. The zero-order valence-corrected chi connectivity index (χ0v) is 16.6. The maximum atomic E-state index is 12.4. The molecule has 27 heavy (non-hydrogen) atoms. The highest BCUT2D eigenvalue weighted by molar-refractivity contribution is 5.92. The number of ether oxygens (including phenoxy) is 2. The van der Waals surface area contributed by atoms with E-state index in [0.29, 0.717) is 29.6 Å². The van der Waals surface area contributed by atoms with Crippen LogP contribution in [-0.2, 0) is 11.2 Å². The van der Waals surface area contributed by atoms with Gasteiger partial charge in [0.25, 0.3) is 0 Å². The highest BCUT2D eigenvalue weighted by Gasteiger charge is 2.14. The summed E-state index contributed by atoms with van der Waals surface area (Å²) in [5.41, 5.74) is 1.98. The quantitative estimate of drug-likeness (QED) is 0.663. The highest BCUT2D eigenvalue weighted by Crippen LogP contribution is 2.29. The Kier molecular flexibility index (Phi) is 8.14. The maximum absolute atomic E-state index is 12.4. The van der Waals surface area contributed by atoms with Crippen LogP contribution in [0.15, 0.2) is 48.5 Å². The number of hydrogen-bond acceptors (Lipinski definition) is 4. The van der Waals surface area contributed by atoms with E-state index in [1.807, 2.05) is 13.0 Å². The van der Waals surface area contributed by atoms with Gasteiger partial charge in [0.15, 0.2) is 0 Å². The molecule has 0 radical (unpaired) electrons. The predicted molar refractivity (Wildman–Crippen MR) is 110 cm³/mol. The van der Waals surface area contributed by atoms with Crippen LogP contribution in [0.2, 0.25) is 0 Å². The summed E-state index contributed by atoms with van der Waals surface area (Å²) in [6.45, 7) is 4.19. The second kappa shape index (κ2) is 10.6. The number of hydrogen-bond donors (Lipinski definition) is 2. The molecule has 0 saturated heterocycles. The molecule has 0 aliphatic rings.